The summed E-state index contributed by atoms with van der Waals surface area (Å²) < 4.78 is 0.449. The Balaban J connectivity index is 3.52. The molecule has 0 aromatic heterocycles. The summed E-state index contributed by atoms with van der Waals surface area (Å²) >= 11 is 0. The van der Waals surface area contributed by atoms with Crippen molar-refractivity contribution in [3.8, 4) is 0 Å². The predicted octanol–water partition coefficient (Wildman–Crippen LogP) is 4.82. The van der Waals surface area contributed by atoms with Gasteiger partial charge in [-0.25, -0.2) is 10.0 Å². The summed E-state index contributed by atoms with van der Waals surface area (Å²) in [6, 6.07) is 0. The maximum atomic E-state index is 12.0. The van der Waals surface area contributed by atoms with Crippen molar-refractivity contribution in [2.45, 2.75) is 103 Å². The van der Waals surface area contributed by atoms with Crippen molar-refractivity contribution < 1.29 is 24.4 Å². The molecule has 0 heterocycles. The molecule has 6 nitrogen and oxygen atoms in total. The first kappa shape index (κ1) is 28.6. The molecule has 0 aliphatic carbocycles. The number of quaternary nitrogens is 1. The first-order valence-corrected chi connectivity index (χ1v) is 11.8. The molecule has 0 aliphatic rings. The van der Waals surface area contributed by atoms with E-state index in [2.05, 4.69) is 17.6 Å². The van der Waals surface area contributed by atoms with Crippen LogP contribution in [-0.2, 0) is 9.59 Å². The third-order valence-electron chi connectivity index (χ3n) is 5.15. The number of nitrogens with zero attached hydrogens (tertiary/aromatic N) is 1. The van der Waals surface area contributed by atoms with Gasteiger partial charge in [0, 0.05) is 12.3 Å². The van der Waals surface area contributed by atoms with Crippen molar-refractivity contribution in [3.05, 3.63) is 12.2 Å². The topological polar surface area (TPSA) is 86.6 Å². The van der Waals surface area contributed by atoms with Gasteiger partial charge in [0.05, 0.1) is 27.2 Å². The summed E-state index contributed by atoms with van der Waals surface area (Å²) in [5, 5.41) is 18.6. The second-order valence-corrected chi connectivity index (χ2v) is 9.44. The maximum absolute atomic E-state index is 12.0. The molecule has 30 heavy (non-hydrogen) atoms. The van der Waals surface area contributed by atoms with E-state index >= 15 is 0 Å². The first-order chi connectivity index (χ1) is 14.1. The number of aliphatic carboxylic acids is 1. The van der Waals surface area contributed by atoms with Gasteiger partial charge in [-0.15, -0.1) is 0 Å². The van der Waals surface area contributed by atoms with E-state index in [9.17, 15) is 14.7 Å². The van der Waals surface area contributed by atoms with Crippen LogP contribution in [0.4, 0.5) is 0 Å². The minimum absolute atomic E-state index is 0.0443. The van der Waals surface area contributed by atoms with Crippen LogP contribution in [0.15, 0.2) is 12.2 Å². The molecule has 0 saturated carbocycles. The molecule has 6 heteroatoms. The van der Waals surface area contributed by atoms with Crippen molar-refractivity contribution in [1.82, 2.24) is 5.43 Å². The van der Waals surface area contributed by atoms with Crippen LogP contribution in [0.5, 0.6) is 0 Å². The van der Waals surface area contributed by atoms with Gasteiger partial charge in [-0.3, -0.25) is 9.59 Å². The molecule has 0 aromatic rings. The zero-order valence-electron chi connectivity index (χ0n) is 19.9. The summed E-state index contributed by atoms with van der Waals surface area (Å²) in [5.74, 6) is -0.545. The van der Waals surface area contributed by atoms with E-state index in [1.54, 1.807) is 0 Å². The van der Waals surface area contributed by atoms with Crippen LogP contribution in [-0.4, -0.2) is 53.9 Å². The van der Waals surface area contributed by atoms with E-state index in [-0.39, 0.29) is 24.3 Å². The van der Waals surface area contributed by atoms with Crippen LogP contribution < -0.4 is 5.43 Å². The number of carbonyl (C=O) groups excluding carboxylic acids is 1. The molecule has 0 aliphatic heterocycles. The molecule has 0 spiro atoms. The van der Waals surface area contributed by atoms with Crippen LogP contribution in [0.25, 0.3) is 0 Å². The number of carboxylic acids is 1. The number of allylic oxidation sites excluding steroid dienone is 1. The van der Waals surface area contributed by atoms with Gasteiger partial charge >= 0.3 is 5.97 Å². The molecule has 1 unspecified atom stereocenters. The molecule has 1 amide bonds. The Kier molecular flexibility index (Phi) is 16.5. The molecular weight excluding hydrogens is 380 g/mol. The SMILES string of the molecule is CC(CCCCCC[C@@H](O)C/C=C\CCCCCCCC(=O)O)C(=O)N[N+](C)(C)C. The largest absolute Gasteiger partial charge is 0.481 e. The number of rotatable bonds is 19. The normalized spacial score (nSPS) is 14.0. The van der Waals surface area contributed by atoms with Crippen molar-refractivity contribution in [3.63, 3.8) is 0 Å². The summed E-state index contributed by atoms with van der Waals surface area (Å²) in [5.41, 5.74) is 2.97. The summed E-state index contributed by atoms with van der Waals surface area (Å²) in [4.78, 5) is 22.4. The average Bonchev–Trinajstić information content (AvgIpc) is 2.64. The lowest BCUT2D eigenvalue weighted by Gasteiger charge is -2.25. The number of unbranched alkanes of at least 4 members (excludes halogenated alkanes) is 8. The molecule has 0 radical (unpaired) electrons. The summed E-state index contributed by atoms with van der Waals surface area (Å²) in [7, 11) is 5.83. The second kappa shape index (κ2) is 17.3. The summed E-state index contributed by atoms with van der Waals surface area (Å²) in [6.45, 7) is 1.99. The number of amides is 1. The minimum Gasteiger partial charge on any atom is -0.481 e. The number of hydrogen-bond acceptors (Lipinski definition) is 3. The third-order valence-corrected chi connectivity index (χ3v) is 5.15. The molecule has 0 fully saturated rings. The van der Waals surface area contributed by atoms with E-state index in [1.807, 2.05) is 28.1 Å². The van der Waals surface area contributed by atoms with E-state index in [0.29, 0.717) is 4.59 Å². The Bertz CT molecular complexity index is 486. The number of aliphatic hydroxyl groups excluding tert-OH is 1. The zero-order valence-corrected chi connectivity index (χ0v) is 19.9. The lowest BCUT2D eigenvalue weighted by molar-refractivity contribution is -0.906. The van der Waals surface area contributed by atoms with E-state index in [4.69, 9.17) is 5.11 Å². The lowest BCUT2D eigenvalue weighted by Crippen LogP contribution is -2.52. The molecule has 2 atom stereocenters. The fraction of sp³-hybridized carbons (Fsp3) is 0.833. The third kappa shape index (κ3) is 19.9. The van der Waals surface area contributed by atoms with Gasteiger partial charge in [0.2, 0.25) is 0 Å². The highest BCUT2D eigenvalue weighted by atomic mass is 16.4. The highest BCUT2D eigenvalue weighted by Crippen LogP contribution is 2.14. The van der Waals surface area contributed by atoms with Crippen molar-refractivity contribution in [1.29, 1.82) is 0 Å². The van der Waals surface area contributed by atoms with Crippen LogP contribution in [0.3, 0.4) is 0 Å². The standard InChI is InChI=1S/C24H46N2O4/c1-21(24(30)25-26(2,3)4)17-13-11-12-15-19-22(27)18-14-9-7-5-6-8-10-16-20-23(28)29/h9,14,21-22,27H,5-8,10-13,15-20H2,1-4H3,(H-,25,28,29,30)/p+1/b14-9-/t21?,22-/m0/s1. The molecule has 0 rings (SSSR count). The van der Waals surface area contributed by atoms with E-state index in [0.717, 1.165) is 83.5 Å². The van der Waals surface area contributed by atoms with Gasteiger partial charge in [0.1, 0.15) is 0 Å². The van der Waals surface area contributed by atoms with Crippen LogP contribution in [0.1, 0.15) is 96.8 Å². The van der Waals surface area contributed by atoms with Crippen LogP contribution >= 0.6 is 0 Å². The molecular formula is C24H47N2O4+. The Morgan fingerprint density at radius 3 is 2.07 bits per heavy atom. The zero-order chi connectivity index (χ0) is 22.8. The predicted molar refractivity (Wildman–Crippen MR) is 123 cm³/mol. The number of nitrogens with one attached hydrogen (secondary N) is 1. The fourth-order valence-electron chi connectivity index (χ4n) is 3.31. The Labute approximate surface area is 184 Å². The number of hydrogen-bond donors (Lipinski definition) is 3. The van der Waals surface area contributed by atoms with Crippen molar-refractivity contribution >= 4 is 11.9 Å². The van der Waals surface area contributed by atoms with Crippen molar-refractivity contribution in [2.75, 3.05) is 21.1 Å². The van der Waals surface area contributed by atoms with Crippen LogP contribution in [0, 0.1) is 5.92 Å². The van der Waals surface area contributed by atoms with Crippen molar-refractivity contribution in [2.24, 2.45) is 5.92 Å². The Morgan fingerprint density at radius 1 is 0.867 bits per heavy atom. The number of carbonyl (C=O) groups is 2. The van der Waals surface area contributed by atoms with Crippen LogP contribution in [0.2, 0.25) is 0 Å². The molecule has 3 N–H and O–H groups in total. The maximum Gasteiger partial charge on any atom is 0.303 e. The Morgan fingerprint density at radius 2 is 1.43 bits per heavy atom. The summed E-state index contributed by atoms with van der Waals surface area (Å²) in [6.07, 6.45) is 17.2. The fourth-order valence-corrected chi connectivity index (χ4v) is 3.31. The second-order valence-electron chi connectivity index (χ2n) is 9.44. The van der Waals surface area contributed by atoms with Gasteiger partial charge in [-0.05, 0) is 38.5 Å². The van der Waals surface area contributed by atoms with Gasteiger partial charge in [0.15, 0.2) is 0 Å². The minimum atomic E-state index is -0.703. The highest BCUT2D eigenvalue weighted by molar-refractivity contribution is 5.77. The molecule has 0 bridgehead atoms. The van der Waals surface area contributed by atoms with E-state index in [1.165, 1.54) is 0 Å². The monoisotopic (exact) mass is 427 g/mol. The quantitative estimate of drug-likeness (QED) is 0.119. The first-order valence-electron chi connectivity index (χ1n) is 11.8. The smallest absolute Gasteiger partial charge is 0.303 e. The van der Waals surface area contributed by atoms with Gasteiger partial charge < -0.3 is 10.2 Å². The molecule has 176 valence electrons. The molecule has 0 saturated heterocycles. The lowest BCUT2D eigenvalue weighted by atomic mass is 10.0. The van der Waals surface area contributed by atoms with E-state index < -0.39 is 5.97 Å². The number of carboxylic acid groups (broad SMARTS) is 1. The highest BCUT2D eigenvalue weighted by Gasteiger charge is 2.18. The number of aliphatic hydroxyl groups is 1. The van der Waals surface area contributed by atoms with Gasteiger partial charge in [-0.2, -0.15) is 0 Å². The Hall–Kier alpha value is -1.40. The van der Waals surface area contributed by atoms with Gasteiger partial charge in [0.25, 0.3) is 5.91 Å². The molecule has 0 aromatic carbocycles. The average molecular weight is 428 g/mol. The van der Waals surface area contributed by atoms with Gasteiger partial charge in [-0.1, -0.05) is 64.0 Å².